The molecule has 3 atom stereocenters. The van der Waals surface area contributed by atoms with Crippen molar-refractivity contribution in [1.82, 2.24) is 9.55 Å². The lowest BCUT2D eigenvalue weighted by Crippen LogP contribution is -2.17. The van der Waals surface area contributed by atoms with Gasteiger partial charge in [-0.3, -0.25) is 4.79 Å². The van der Waals surface area contributed by atoms with E-state index in [0.29, 0.717) is 29.6 Å². The normalized spacial score (nSPS) is 23.7. The number of carbonyl (C=O) groups excluding carboxylic acids is 1. The number of nitrogens with zero attached hydrogens (tertiary/aromatic N) is 2. The van der Waals surface area contributed by atoms with Crippen LogP contribution in [0.1, 0.15) is 57.7 Å². The van der Waals surface area contributed by atoms with Crippen molar-refractivity contribution in [2.75, 3.05) is 0 Å². The van der Waals surface area contributed by atoms with E-state index in [2.05, 4.69) is 11.9 Å². The minimum Gasteiger partial charge on any atom is -0.457 e. The SMILES string of the molecule is CCCCn1c(COC(=O)C[C@@H]2C[C@H]3CC[C@@H]2C3)nc2cc(S(N)(=O)=O)ccc21. The van der Waals surface area contributed by atoms with E-state index in [1.165, 1.54) is 31.4 Å². The number of imidazole rings is 1. The van der Waals surface area contributed by atoms with E-state index < -0.39 is 10.0 Å². The number of fused-ring (bicyclic) bond motifs is 3. The van der Waals surface area contributed by atoms with E-state index in [1.54, 1.807) is 6.07 Å². The Morgan fingerprint density at radius 3 is 2.79 bits per heavy atom. The lowest BCUT2D eigenvalue weighted by Gasteiger charge is -2.20. The Morgan fingerprint density at radius 2 is 2.14 bits per heavy atom. The van der Waals surface area contributed by atoms with Crippen molar-refractivity contribution in [2.24, 2.45) is 22.9 Å². The van der Waals surface area contributed by atoms with Crippen LogP contribution >= 0.6 is 0 Å². The fraction of sp³-hybridized carbons (Fsp3) is 0.619. The molecule has 0 unspecified atom stereocenters. The van der Waals surface area contributed by atoms with Crippen LogP contribution in [-0.2, 0) is 32.7 Å². The van der Waals surface area contributed by atoms with Crippen molar-refractivity contribution in [1.29, 1.82) is 0 Å². The van der Waals surface area contributed by atoms with Crippen molar-refractivity contribution in [3.8, 4) is 0 Å². The molecule has 0 spiro atoms. The fourth-order valence-corrected chi connectivity index (χ4v) is 5.59. The number of carbonyl (C=O) groups is 1. The van der Waals surface area contributed by atoms with Gasteiger partial charge in [0.2, 0.25) is 10.0 Å². The highest BCUT2D eigenvalue weighted by molar-refractivity contribution is 7.89. The second kappa shape index (κ2) is 8.07. The number of sulfonamides is 1. The van der Waals surface area contributed by atoms with Crippen LogP contribution in [0.4, 0.5) is 0 Å². The number of hydrogen-bond acceptors (Lipinski definition) is 5. The van der Waals surface area contributed by atoms with Gasteiger partial charge in [-0.2, -0.15) is 0 Å². The van der Waals surface area contributed by atoms with E-state index in [4.69, 9.17) is 9.88 Å². The molecule has 4 rings (SSSR count). The number of nitrogens with two attached hydrogens (primary N) is 1. The van der Waals surface area contributed by atoms with E-state index in [-0.39, 0.29) is 17.5 Å². The van der Waals surface area contributed by atoms with Crippen molar-refractivity contribution in [3.05, 3.63) is 24.0 Å². The van der Waals surface area contributed by atoms with E-state index in [1.807, 2.05) is 4.57 Å². The molecule has 2 aliphatic rings. The van der Waals surface area contributed by atoms with Crippen LogP contribution in [0.2, 0.25) is 0 Å². The van der Waals surface area contributed by atoms with Gasteiger partial charge in [0, 0.05) is 13.0 Å². The standard InChI is InChI=1S/C21H29N3O4S/c1-2-3-8-24-19-7-6-17(29(22,26)27)12-18(19)23-20(24)13-28-21(25)11-16-10-14-4-5-15(16)9-14/h6-7,12,14-16H,2-5,8-11,13H2,1H3,(H2,22,26,27)/t14-,15+,16-/m0/s1. The largest absolute Gasteiger partial charge is 0.457 e. The molecule has 0 saturated heterocycles. The molecule has 2 N–H and O–H groups in total. The van der Waals surface area contributed by atoms with Crippen LogP contribution in [0, 0.1) is 17.8 Å². The Morgan fingerprint density at radius 1 is 1.31 bits per heavy atom. The van der Waals surface area contributed by atoms with Crippen molar-refractivity contribution < 1.29 is 17.9 Å². The molecule has 2 saturated carbocycles. The summed E-state index contributed by atoms with van der Waals surface area (Å²) in [6.45, 7) is 2.94. The van der Waals surface area contributed by atoms with Gasteiger partial charge in [0.1, 0.15) is 12.4 Å². The van der Waals surface area contributed by atoms with Gasteiger partial charge in [-0.1, -0.05) is 19.8 Å². The Hall–Kier alpha value is -1.93. The number of primary sulfonamides is 1. The first-order valence-corrected chi connectivity index (χ1v) is 12.1. The number of aryl methyl sites for hydroxylation is 1. The quantitative estimate of drug-likeness (QED) is 0.661. The zero-order valence-corrected chi connectivity index (χ0v) is 17.7. The summed E-state index contributed by atoms with van der Waals surface area (Å²) in [6.07, 6.45) is 7.46. The van der Waals surface area contributed by atoms with Gasteiger partial charge in [0.05, 0.1) is 15.9 Å². The summed E-state index contributed by atoms with van der Waals surface area (Å²) in [7, 11) is -3.79. The van der Waals surface area contributed by atoms with E-state index >= 15 is 0 Å². The summed E-state index contributed by atoms with van der Waals surface area (Å²) in [6, 6.07) is 4.69. The van der Waals surface area contributed by atoms with E-state index in [9.17, 15) is 13.2 Å². The highest BCUT2D eigenvalue weighted by Gasteiger charge is 2.40. The van der Waals surface area contributed by atoms with Gasteiger partial charge in [0.25, 0.3) is 0 Å². The molecule has 29 heavy (non-hydrogen) atoms. The molecule has 1 aromatic carbocycles. The Balaban J connectivity index is 1.49. The fourth-order valence-electron chi connectivity index (χ4n) is 5.06. The minimum absolute atomic E-state index is 0.0324. The second-order valence-corrected chi connectivity index (χ2v) is 10.1. The maximum atomic E-state index is 12.4. The monoisotopic (exact) mass is 419 g/mol. The number of rotatable bonds is 8. The summed E-state index contributed by atoms with van der Waals surface area (Å²) in [4.78, 5) is 17.0. The zero-order valence-electron chi connectivity index (χ0n) is 16.8. The molecule has 0 amide bonds. The van der Waals surface area contributed by atoms with Gasteiger partial charge in [-0.05, 0) is 61.6 Å². The van der Waals surface area contributed by atoms with Gasteiger partial charge in [0.15, 0.2) is 0 Å². The predicted octanol–water partition coefficient (Wildman–Crippen LogP) is 3.35. The highest BCUT2D eigenvalue weighted by Crippen LogP contribution is 2.49. The van der Waals surface area contributed by atoms with Crippen LogP contribution in [0.5, 0.6) is 0 Å². The molecule has 8 heteroatoms. The first-order chi connectivity index (χ1) is 13.8. The number of unbranched alkanes of at least 4 members (excludes halogenated alkanes) is 1. The number of aromatic nitrogens is 2. The minimum atomic E-state index is -3.79. The molecule has 158 valence electrons. The lowest BCUT2D eigenvalue weighted by molar-refractivity contribution is -0.146. The molecule has 2 aromatic rings. The summed E-state index contributed by atoms with van der Waals surface area (Å²) in [5.41, 5.74) is 1.37. The smallest absolute Gasteiger partial charge is 0.306 e. The summed E-state index contributed by atoms with van der Waals surface area (Å²) in [5.74, 6) is 2.45. The average molecular weight is 420 g/mol. The lowest BCUT2D eigenvalue weighted by atomic mass is 9.86. The summed E-state index contributed by atoms with van der Waals surface area (Å²) >= 11 is 0. The van der Waals surface area contributed by atoms with Crippen LogP contribution < -0.4 is 5.14 Å². The molecule has 2 aliphatic carbocycles. The molecular weight excluding hydrogens is 390 g/mol. The maximum Gasteiger partial charge on any atom is 0.306 e. The van der Waals surface area contributed by atoms with Gasteiger partial charge in [-0.15, -0.1) is 0 Å². The molecule has 7 nitrogen and oxygen atoms in total. The Labute approximate surface area is 171 Å². The van der Waals surface area contributed by atoms with Gasteiger partial charge < -0.3 is 9.30 Å². The van der Waals surface area contributed by atoms with Crippen LogP contribution in [0.3, 0.4) is 0 Å². The van der Waals surface area contributed by atoms with Crippen molar-refractivity contribution >= 4 is 27.0 Å². The molecule has 1 heterocycles. The van der Waals surface area contributed by atoms with Crippen LogP contribution in [0.25, 0.3) is 11.0 Å². The topological polar surface area (TPSA) is 104 Å². The van der Waals surface area contributed by atoms with E-state index in [0.717, 1.165) is 37.2 Å². The van der Waals surface area contributed by atoms with Crippen LogP contribution in [-0.4, -0.2) is 23.9 Å². The number of esters is 1. The number of ether oxygens (including phenoxy) is 1. The molecule has 2 bridgehead atoms. The van der Waals surface area contributed by atoms with Crippen molar-refractivity contribution in [2.45, 2.75) is 69.9 Å². The van der Waals surface area contributed by atoms with Gasteiger partial charge >= 0.3 is 5.97 Å². The highest BCUT2D eigenvalue weighted by atomic mass is 32.2. The molecule has 0 aliphatic heterocycles. The van der Waals surface area contributed by atoms with Gasteiger partial charge in [-0.25, -0.2) is 18.5 Å². The second-order valence-electron chi connectivity index (χ2n) is 8.53. The molecule has 1 aromatic heterocycles. The Bertz CT molecular complexity index is 1010. The Kier molecular flexibility index (Phi) is 5.66. The number of benzene rings is 1. The predicted molar refractivity (Wildman–Crippen MR) is 109 cm³/mol. The van der Waals surface area contributed by atoms with Crippen LogP contribution in [0.15, 0.2) is 23.1 Å². The third-order valence-electron chi connectivity index (χ3n) is 6.54. The summed E-state index contributed by atoms with van der Waals surface area (Å²) in [5, 5.41) is 5.24. The third-order valence-corrected chi connectivity index (χ3v) is 7.45. The first-order valence-electron chi connectivity index (χ1n) is 10.5. The summed E-state index contributed by atoms with van der Waals surface area (Å²) < 4.78 is 30.9. The zero-order chi connectivity index (χ0) is 20.6. The average Bonchev–Trinajstić information content (AvgIpc) is 3.37. The molecule has 0 radical (unpaired) electrons. The molecule has 2 fully saturated rings. The molecular formula is C21H29N3O4S. The van der Waals surface area contributed by atoms with Crippen molar-refractivity contribution in [3.63, 3.8) is 0 Å². The maximum absolute atomic E-state index is 12.4. The number of hydrogen-bond donors (Lipinski definition) is 1. The first kappa shape index (κ1) is 20.3. The third kappa shape index (κ3) is 4.33.